The van der Waals surface area contributed by atoms with Crippen molar-refractivity contribution in [3.05, 3.63) is 88.2 Å². The zero-order chi connectivity index (χ0) is 20.6. The summed E-state index contributed by atoms with van der Waals surface area (Å²) in [7, 11) is 1.58. The summed E-state index contributed by atoms with van der Waals surface area (Å²) in [5.74, 6) is -0.229. The normalized spacial score (nSPS) is 10.2. The third-order valence-corrected chi connectivity index (χ3v) is 4.30. The summed E-state index contributed by atoms with van der Waals surface area (Å²) >= 11 is 0. The Morgan fingerprint density at radius 3 is 2.31 bits per heavy atom. The van der Waals surface area contributed by atoms with Crippen LogP contribution in [0, 0.1) is 0 Å². The van der Waals surface area contributed by atoms with E-state index in [-0.39, 0.29) is 18.0 Å². The Bertz CT molecular complexity index is 1040. The number of aromatic nitrogens is 1. The fourth-order valence-electron chi connectivity index (χ4n) is 2.70. The minimum atomic E-state index is -0.606. The van der Waals surface area contributed by atoms with E-state index >= 15 is 0 Å². The standard InChI is InChI=1S/C22H21N3O4/c1-29-17-9-7-15(8-10-17)13-23-20(26)14-24-21(27)18-11-12-19(25-22(18)28)16-5-3-2-4-6-16/h2-12H,13-14H2,1H3,(H,23,26)(H,24,27)(H,25,28). The van der Waals surface area contributed by atoms with Crippen LogP contribution in [-0.2, 0) is 11.3 Å². The van der Waals surface area contributed by atoms with Crippen molar-refractivity contribution in [2.24, 2.45) is 0 Å². The second kappa shape index (κ2) is 9.36. The number of nitrogens with one attached hydrogen (secondary N) is 3. The summed E-state index contributed by atoms with van der Waals surface area (Å²) in [6.45, 7) is 0.0971. The first-order chi connectivity index (χ1) is 14.1. The first-order valence-corrected chi connectivity index (χ1v) is 9.03. The lowest BCUT2D eigenvalue weighted by molar-refractivity contribution is -0.120. The Labute approximate surface area is 167 Å². The van der Waals surface area contributed by atoms with Gasteiger partial charge in [-0.25, -0.2) is 0 Å². The highest BCUT2D eigenvalue weighted by molar-refractivity contribution is 5.96. The SMILES string of the molecule is COc1ccc(CNC(=O)CNC(=O)c2ccc(-c3ccccc3)[nH]c2=O)cc1. The van der Waals surface area contributed by atoms with E-state index in [0.29, 0.717) is 12.2 Å². The van der Waals surface area contributed by atoms with E-state index in [0.717, 1.165) is 16.9 Å². The number of amides is 2. The molecule has 0 radical (unpaired) electrons. The molecule has 0 saturated heterocycles. The van der Waals surface area contributed by atoms with Gasteiger partial charge in [0.1, 0.15) is 11.3 Å². The monoisotopic (exact) mass is 391 g/mol. The molecule has 3 aromatic rings. The fraction of sp³-hybridized carbons (Fsp3) is 0.136. The van der Waals surface area contributed by atoms with Crippen LogP contribution in [0.25, 0.3) is 11.3 Å². The van der Waals surface area contributed by atoms with Crippen molar-refractivity contribution in [1.82, 2.24) is 15.6 Å². The highest BCUT2D eigenvalue weighted by Gasteiger charge is 2.12. The van der Waals surface area contributed by atoms with E-state index in [1.54, 1.807) is 25.3 Å². The Morgan fingerprint density at radius 2 is 1.66 bits per heavy atom. The van der Waals surface area contributed by atoms with Crippen molar-refractivity contribution < 1.29 is 14.3 Å². The molecule has 7 nitrogen and oxygen atoms in total. The number of methoxy groups -OCH3 is 1. The second-order valence-corrected chi connectivity index (χ2v) is 6.29. The van der Waals surface area contributed by atoms with E-state index in [1.807, 2.05) is 42.5 Å². The van der Waals surface area contributed by atoms with Crippen molar-refractivity contribution in [2.45, 2.75) is 6.54 Å². The van der Waals surface area contributed by atoms with E-state index < -0.39 is 11.5 Å². The molecular formula is C22H21N3O4. The number of H-pyrrole nitrogens is 1. The number of rotatable bonds is 7. The summed E-state index contributed by atoms with van der Waals surface area (Å²) < 4.78 is 5.08. The number of pyridine rings is 1. The zero-order valence-corrected chi connectivity index (χ0v) is 15.9. The van der Waals surface area contributed by atoms with E-state index in [9.17, 15) is 14.4 Å². The molecular weight excluding hydrogens is 370 g/mol. The second-order valence-electron chi connectivity index (χ2n) is 6.29. The van der Waals surface area contributed by atoms with Crippen LogP contribution in [0.15, 0.2) is 71.5 Å². The average Bonchev–Trinajstić information content (AvgIpc) is 2.77. The minimum Gasteiger partial charge on any atom is -0.497 e. The van der Waals surface area contributed by atoms with Gasteiger partial charge in [-0.2, -0.15) is 0 Å². The lowest BCUT2D eigenvalue weighted by atomic mass is 10.1. The third kappa shape index (κ3) is 5.32. The van der Waals surface area contributed by atoms with Crippen LogP contribution in [0.5, 0.6) is 5.75 Å². The van der Waals surface area contributed by atoms with Gasteiger partial charge in [-0.15, -0.1) is 0 Å². The molecule has 7 heteroatoms. The summed E-state index contributed by atoms with van der Waals surface area (Å²) in [5, 5.41) is 5.17. The summed E-state index contributed by atoms with van der Waals surface area (Å²) in [6, 6.07) is 19.7. The molecule has 1 heterocycles. The van der Waals surface area contributed by atoms with Gasteiger partial charge in [-0.3, -0.25) is 14.4 Å². The van der Waals surface area contributed by atoms with Gasteiger partial charge in [0.15, 0.2) is 0 Å². The van der Waals surface area contributed by atoms with Crippen LogP contribution in [0.4, 0.5) is 0 Å². The predicted octanol–water partition coefficient (Wildman–Crippen LogP) is 2.10. The van der Waals surface area contributed by atoms with Crippen molar-refractivity contribution in [1.29, 1.82) is 0 Å². The van der Waals surface area contributed by atoms with E-state index in [4.69, 9.17) is 4.74 Å². The van der Waals surface area contributed by atoms with Gasteiger partial charge in [0, 0.05) is 12.2 Å². The molecule has 29 heavy (non-hydrogen) atoms. The van der Waals surface area contributed by atoms with Gasteiger partial charge in [-0.05, 0) is 35.4 Å². The first kappa shape index (κ1) is 19.9. The van der Waals surface area contributed by atoms with Crippen molar-refractivity contribution >= 4 is 11.8 Å². The maximum absolute atomic E-state index is 12.2. The highest BCUT2D eigenvalue weighted by atomic mass is 16.5. The molecule has 0 atom stereocenters. The number of hydrogen-bond donors (Lipinski definition) is 3. The number of ether oxygens (including phenoxy) is 1. The molecule has 3 N–H and O–H groups in total. The van der Waals surface area contributed by atoms with Gasteiger partial charge in [0.25, 0.3) is 11.5 Å². The Hall–Kier alpha value is -3.87. The van der Waals surface area contributed by atoms with Gasteiger partial charge in [0.2, 0.25) is 5.91 Å². The summed E-state index contributed by atoms with van der Waals surface area (Å²) in [4.78, 5) is 39.1. The Balaban J connectivity index is 1.53. The molecule has 0 unspecified atom stereocenters. The molecule has 2 aromatic carbocycles. The fourth-order valence-corrected chi connectivity index (χ4v) is 2.70. The van der Waals surface area contributed by atoms with Crippen LogP contribution in [-0.4, -0.2) is 30.5 Å². The summed E-state index contributed by atoms with van der Waals surface area (Å²) in [5.41, 5.74) is 1.80. The van der Waals surface area contributed by atoms with Crippen LogP contribution in [0.2, 0.25) is 0 Å². The van der Waals surface area contributed by atoms with Crippen molar-refractivity contribution in [2.75, 3.05) is 13.7 Å². The number of carbonyl (C=O) groups is 2. The molecule has 0 saturated carbocycles. The predicted molar refractivity (Wildman–Crippen MR) is 110 cm³/mol. The van der Waals surface area contributed by atoms with Gasteiger partial charge >= 0.3 is 0 Å². The maximum Gasteiger partial charge on any atom is 0.261 e. The van der Waals surface area contributed by atoms with Gasteiger partial charge in [0.05, 0.1) is 13.7 Å². The lowest BCUT2D eigenvalue weighted by Crippen LogP contribution is -2.38. The topological polar surface area (TPSA) is 100 Å². The van der Waals surface area contributed by atoms with Gasteiger partial charge in [-0.1, -0.05) is 42.5 Å². The Morgan fingerprint density at radius 1 is 0.931 bits per heavy atom. The molecule has 2 amide bonds. The number of aromatic amines is 1. The molecule has 0 fully saturated rings. The molecule has 0 aliphatic rings. The number of hydrogen-bond acceptors (Lipinski definition) is 4. The molecule has 0 spiro atoms. The lowest BCUT2D eigenvalue weighted by Gasteiger charge is -2.08. The highest BCUT2D eigenvalue weighted by Crippen LogP contribution is 2.14. The van der Waals surface area contributed by atoms with Crippen LogP contribution >= 0.6 is 0 Å². The van der Waals surface area contributed by atoms with Crippen molar-refractivity contribution in [3.8, 4) is 17.0 Å². The van der Waals surface area contributed by atoms with Crippen LogP contribution in [0.1, 0.15) is 15.9 Å². The zero-order valence-electron chi connectivity index (χ0n) is 15.9. The number of carbonyl (C=O) groups excluding carboxylic acids is 2. The first-order valence-electron chi connectivity index (χ1n) is 9.03. The average molecular weight is 391 g/mol. The smallest absolute Gasteiger partial charge is 0.261 e. The molecule has 148 valence electrons. The molecule has 1 aromatic heterocycles. The quantitative estimate of drug-likeness (QED) is 0.574. The van der Waals surface area contributed by atoms with E-state index in [1.165, 1.54) is 6.07 Å². The van der Waals surface area contributed by atoms with Crippen LogP contribution in [0.3, 0.4) is 0 Å². The molecule has 3 rings (SSSR count). The third-order valence-electron chi connectivity index (χ3n) is 4.30. The Kier molecular flexibility index (Phi) is 6.42. The minimum absolute atomic E-state index is 0.0485. The molecule has 0 aliphatic heterocycles. The summed E-state index contributed by atoms with van der Waals surface area (Å²) in [6.07, 6.45) is 0. The van der Waals surface area contributed by atoms with Crippen LogP contribution < -0.4 is 20.9 Å². The largest absolute Gasteiger partial charge is 0.497 e. The maximum atomic E-state index is 12.2. The van der Waals surface area contributed by atoms with Crippen molar-refractivity contribution in [3.63, 3.8) is 0 Å². The molecule has 0 aliphatic carbocycles. The molecule has 0 bridgehead atoms. The van der Waals surface area contributed by atoms with Gasteiger partial charge < -0.3 is 20.4 Å². The van der Waals surface area contributed by atoms with E-state index in [2.05, 4.69) is 15.6 Å². The number of benzene rings is 2.